The number of hydrogen-bond donors (Lipinski definition) is 2. The molecule has 0 aliphatic rings. The molecule has 0 saturated heterocycles. The van der Waals surface area contributed by atoms with E-state index in [9.17, 15) is 0 Å². The molecule has 146 valence electrons. The van der Waals surface area contributed by atoms with Crippen LogP contribution in [0.2, 0.25) is 0 Å². The van der Waals surface area contributed by atoms with Gasteiger partial charge >= 0.3 is 0 Å². The van der Waals surface area contributed by atoms with E-state index < -0.39 is 0 Å². The number of rotatable bonds is 18. The summed E-state index contributed by atoms with van der Waals surface area (Å²) in [5.74, 6) is 0. The van der Waals surface area contributed by atoms with Crippen LogP contribution in [0.3, 0.4) is 0 Å². The van der Waals surface area contributed by atoms with Gasteiger partial charge in [-0.05, 0) is 38.5 Å². The molecule has 2 nitrogen and oxygen atoms in total. The smallest absolute Gasteiger partial charge is 0.100 e. The molecule has 0 radical (unpaired) electrons. The number of halogens is 1. The van der Waals surface area contributed by atoms with Gasteiger partial charge in [0.25, 0.3) is 0 Å². The third-order valence-electron chi connectivity index (χ3n) is 4.65. The Morgan fingerprint density at radius 3 is 1.62 bits per heavy atom. The predicted octanol–water partition coefficient (Wildman–Crippen LogP) is 1.53. The zero-order valence-electron chi connectivity index (χ0n) is 16.5. The molecule has 0 fully saturated rings. The highest BCUT2D eigenvalue weighted by Gasteiger charge is 1.99. The molecule has 0 amide bonds. The lowest BCUT2D eigenvalue weighted by Crippen LogP contribution is -3.09. The molecule has 1 unspecified atom stereocenters. The summed E-state index contributed by atoms with van der Waals surface area (Å²) in [7, 11) is 2.17. The van der Waals surface area contributed by atoms with Crippen LogP contribution in [-0.2, 0) is 0 Å². The minimum atomic E-state index is 0. The molecule has 0 aromatic heterocycles. The summed E-state index contributed by atoms with van der Waals surface area (Å²) in [6.07, 6.45) is 24.0. The van der Waals surface area contributed by atoms with Gasteiger partial charge in [-0.3, -0.25) is 0 Å². The van der Waals surface area contributed by atoms with Gasteiger partial charge in [-0.25, -0.2) is 0 Å². The number of aliphatic hydroxyl groups excluding tert-OH is 1. The van der Waals surface area contributed by atoms with Gasteiger partial charge in [-0.2, -0.15) is 0 Å². The predicted molar refractivity (Wildman–Crippen MR) is 103 cm³/mol. The van der Waals surface area contributed by atoms with Crippen molar-refractivity contribution in [2.24, 2.45) is 0 Å². The average molecular weight is 362 g/mol. The first kappa shape index (κ1) is 26.2. The Morgan fingerprint density at radius 1 is 0.667 bits per heavy atom. The minimum absolute atomic E-state index is 0. The Morgan fingerprint density at radius 2 is 1.12 bits per heavy atom. The number of aliphatic hydroxyl groups is 1. The van der Waals surface area contributed by atoms with E-state index in [0.717, 1.165) is 6.54 Å². The molecule has 0 heterocycles. The Bertz CT molecular complexity index is 246. The molecular weight excluding hydrogens is 318 g/mol. The van der Waals surface area contributed by atoms with E-state index >= 15 is 0 Å². The lowest BCUT2D eigenvalue weighted by molar-refractivity contribution is -0.880. The molecule has 0 spiro atoms. The largest absolute Gasteiger partial charge is 1.00 e. The summed E-state index contributed by atoms with van der Waals surface area (Å²) in [5, 5.41) is 8.85. The van der Waals surface area contributed by atoms with Crippen molar-refractivity contribution >= 4 is 0 Å². The Kier molecular flexibility index (Phi) is 25.0. The lowest BCUT2D eigenvalue weighted by Gasteiger charge is -2.11. The Balaban J connectivity index is 0. The highest BCUT2D eigenvalue weighted by Crippen LogP contribution is 2.09. The van der Waals surface area contributed by atoms with Gasteiger partial charge in [0.05, 0.1) is 20.2 Å². The Labute approximate surface area is 158 Å². The molecule has 0 aromatic rings. The Hall–Kier alpha value is -0.0500. The molecule has 0 aliphatic carbocycles. The van der Waals surface area contributed by atoms with Gasteiger partial charge in [0.2, 0.25) is 0 Å². The second kappa shape index (κ2) is 22.9. The minimum Gasteiger partial charge on any atom is -1.00 e. The molecule has 0 rings (SSSR count). The van der Waals surface area contributed by atoms with Crippen LogP contribution in [0.5, 0.6) is 0 Å². The molecule has 24 heavy (non-hydrogen) atoms. The van der Waals surface area contributed by atoms with Crippen molar-refractivity contribution in [1.82, 2.24) is 0 Å². The van der Waals surface area contributed by atoms with E-state index in [1.54, 1.807) is 0 Å². The maximum Gasteiger partial charge on any atom is 0.100 e. The van der Waals surface area contributed by atoms with Crippen molar-refractivity contribution in [2.45, 2.75) is 96.8 Å². The normalized spacial score (nSPS) is 12.5. The fourth-order valence-corrected chi connectivity index (χ4v) is 2.99. The van der Waals surface area contributed by atoms with E-state index in [0.29, 0.717) is 6.61 Å². The third kappa shape index (κ3) is 21.9. The second-order valence-corrected chi connectivity index (χ2v) is 7.12. The third-order valence-corrected chi connectivity index (χ3v) is 4.65. The van der Waals surface area contributed by atoms with Crippen LogP contribution in [0.4, 0.5) is 0 Å². The van der Waals surface area contributed by atoms with Crippen LogP contribution in [-0.4, -0.2) is 31.9 Å². The molecule has 0 aromatic carbocycles. The molecule has 0 bridgehead atoms. The van der Waals surface area contributed by atoms with Crippen LogP contribution >= 0.6 is 0 Å². The van der Waals surface area contributed by atoms with Crippen molar-refractivity contribution in [2.75, 3.05) is 26.7 Å². The monoisotopic (exact) mass is 361 g/mol. The number of quaternary nitrogens is 1. The first-order valence-corrected chi connectivity index (χ1v) is 10.4. The maximum atomic E-state index is 8.85. The number of likely N-dealkylation sites (N-methyl/N-ethyl adjacent to an activating group) is 1. The molecular formula is C21H44ClNO. The molecule has 1 atom stereocenters. The summed E-state index contributed by atoms with van der Waals surface area (Å²) < 4.78 is 0. The zero-order valence-corrected chi connectivity index (χ0v) is 17.3. The van der Waals surface area contributed by atoms with Gasteiger partial charge in [0.15, 0.2) is 0 Å². The quantitative estimate of drug-likeness (QED) is 0.281. The first-order chi connectivity index (χ1) is 11.3. The summed E-state index contributed by atoms with van der Waals surface area (Å²) >= 11 is 0. The van der Waals surface area contributed by atoms with Crippen molar-refractivity contribution in [3.63, 3.8) is 0 Å². The molecule has 0 saturated carbocycles. The number of allylic oxidation sites excluding steroid dienone is 2. The fraction of sp³-hybridized carbons (Fsp3) is 0.905. The van der Waals surface area contributed by atoms with Gasteiger partial charge in [0.1, 0.15) is 6.54 Å². The fourth-order valence-electron chi connectivity index (χ4n) is 2.99. The van der Waals surface area contributed by atoms with Gasteiger partial charge in [0, 0.05) is 0 Å². The number of hydrogen-bond acceptors (Lipinski definition) is 1. The van der Waals surface area contributed by atoms with Gasteiger partial charge < -0.3 is 22.4 Å². The van der Waals surface area contributed by atoms with E-state index in [2.05, 4.69) is 26.1 Å². The van der Waals surface area contributed by atoms with E-state index in [4.69, 9.17) is 5.11 Å². The molecule has 3 heteroatoms. The van der Waals surface area contributed by atoms with Gasteiger partial charge in [-0.15, -0.1) is 0 Å². The van der Waals surface area contributed by atoms with Gasteiger partial charge in [-0.1, -0.05) is 70.4 Å². The molecule has 2 N–H and O–H groups in total. The highest BCUT2D eigenvalue weighted by molar-refractivity contribution is 4.81. The summed E-state index contributed by atoms with van der Waals surface area (Å²) in [6.45, 7) is 4.70. The zero-order chi connectivity index (χ0) is 17.0. The van der Waals surface area contributed by atoms with E-state index in [1.165, 1.54) is 101 Å². The summed E-state index contributed by atoms with van der Waals surface area (Å²) in [6, 6.07) is 0. The number of nitrogens with one attached hydrogen (secondary N) is 1. The topological polar surface area (TPSA) is 24.7 Å². The highest BCUT2D eigenvalue weighted by atomic mass is 35.5. The van der Waals surface area contributed by atoms with E-state index in [1.807, 2.05) is 0 Å². The van der Waals surface area contributed by atoms with Crippen molar-refractivity contribution < 1.29 is 22.4 Å². The number of unbranched alkanes of at least 4 members (excludes halogenated alkanes) is 12. The van der Waals surface area contributed by atoms with Crippen LogP contribution in [0.15, 0.2) is 12.2 Å². The van der Waals surface area contributed by atoms with Crippen LogP contribution < -0.4 is 17.3 Å². The van der Waals surface area contributed by atoms with Crippen LogP contribution in [0.25, 0.3) is 0 Å². The average Bonchev–Trinajstić information content (AvgIpc) is 2.54. The maximum absolute atomic E-state index is 8.85. The second-order valence-electron chi connectivity index (χ2n) is 7.12. The van der Waals surface area contributed by atoms with Crippen LogP contribution in [0.1, 0.15) is 96.8 Å². The summed E-state index contributed by atoms with van der Waals surface area (Å²) in [4.78, 5) is 1.46. The van der Waals surface area contributed by atoms with Crippen molar-refractivity contribution in [3.8, 4) is 0 Å². The van der Waals surface area contributed by atoms with Crippen molar-refractivity contribution in [3.05, 3.63) is 12.2 Å². The summed E-state index contributed by atoms with van der Waals surface area (Å²) in [5.41, 5.74) is 0. The van der Waals surface area contributed by atoms with Crippen molar-refractivity contribution in [1.29, 1.82) is 0 Å². The SMILES string of the molecule is CCCCCCCC/C=C\CCCCCCCC[NH+](C)CCO.[Cl-]. The molecule has 0 aliphatic heterocycles. The standard InChI is InChI=1S/C21H43NO.ClH/c1-3-4-5-6-7-8-9-10-11-12-13-14-15-16-17-18-19-22(2)20-21-23;/h10-11,23H,3-9,12-21H2,1-2H3;1H/b11-10-;. The first-order valence-electron chi connectivity index (χ1n) is 10.4. The lowest BCUT2D eigenvalue weighted by atomic mass is 10.1. The van der Waals surface area contributed by atoms with E-state index in [-0.39, 0.29) is 12.4 Å². The van der Waals surface area contributed by atoms with Crippen LogP contribution in [0, 0.1) is 0 Å².